The maximum atomic E-state index is 13.4. The minimum absolute atomic E-state index is 0.371. The van der Waals surface area contributed by atoms with E-state index in [1.54, 1.807) is 12.3 Å². The Balaban J connectivity index is 2.26. The predicted octanol–water partition coefficient (Wildman–Crippen LogP) is 2.55. The molecule has 0 bridgehead atoms. The van der Waals surface area contributed by atoms with Crippen molar-refractivity contribution < 1.29 is 14.3 Å². The minimum Gasteiger partial charge on any atom is -0.507 e. The molecule has 0 atom stereocenters. The van der Waals surface area contributed by atoms with E-state index in [-0.39, 0.29) is 5.56 Å². The number of thiazole rings is 1. The molecule has 17 heavy (non-hydrogen) atoms. The van der Waals surface area contributed by atoms with Crippen molar-refractivity contribution in [3.8, 4) is 5.75 Å². The van der Waals surface area contributed by atoms with Gasteiger partial charge in [0.2, 0.25) is 0 Å². The first-order chi connectivity index (χ1) is 8.08. The number of halogens is 1. The highest BCUT2D eigenvalue weighted by Gasteiger charge is 2.17. The van der Waals surface area contributed by atoms with Gasteiger partial charge in [-0.3, -0.25) is 10.1 Å². The van der Waals surface area contributed by atoms with E-state index in [0.717, 1.165) is 11.8 Å². The summed E-state index contributed by atoms with van der Waals surface area (Å²) in [4.78, 5) is 15.7. The number of phenols is 1. The second kappa shape index (κ2) is 4.50. The molecule has 0 spiro atoms. The topological polar surface area (TPSA) is 62.2 Å². The van der Waals surface area contributed by atoms with Gasteiger partial charge in [0.15, 0.2) is 5.13 Å². The molecule has 0 saturated carbocycles. The van der Waals surface area contributed by atoms with Gasteiger partial charge in [0.25, 0.3) is 5.91 Å². The van der Waals surface area contributed by atoms with Crippen molar-refractivity contribution in [2.75, 3.05) is 5.32 Å². The third-order valence-electron chi connectivity index (χ3n) is 2.06. The average molecular weight is 252 g/mol. The highest BCUT2D eigenvalue weighted by atomic mass is 32.1. The SMILES string of the molecule is Cc1csc(NC(=O)c2c(O)cccc2F)n1. The molecule has 1 aromatic heterocycles. The Morgan fingerprint density at radius 1 is 1.53 bits per heavy atom. The maximum absolute atomic E-state index is 13.4. The summed E-state index contributed by atoms with van der Waals surface area (Å²) in [6.45, 7) is 1.78. The summed E-state index contributed by atoms with van der Waals surface area (Å²) < 4.78 is 13.4. The Hall–Kier alpha value is -1.95. The molecule has 0 fully saturated rings. The van der Waals surface area contributed by atoms with Crippen LogP contribution in [0.1, 0.15) is 16.1 Å². The summed E-state index contributed by atoms with van der Waals surface area (Å²) in [6, 6.07) is 3.70. The number of hydrogen-bond donors (Lipinski definition) is 2. The maximum Gasteiger partial charge on any atom is 0.264 e. The zero-order chi connectivity index (χ0) is 12.4. The minimum atomic E-state index is -0.768. The number of nitrogens with one attached hydrogen (secondary N) is 1. The molecule has 1 aromatic carbocycles. The van der Waals surface area contributed by atoms with Crippen molar-refractivity contribution in [1.82, 2.24) is 4.98 Å². The largest absolute Gasteiger partial charge is 0.507 e. The quantitative estimate of drug-likeness (QED) is 0.863. The molecule has 0 unspecified atom stereocenters. The van der Waals surface area contributed by atoms with E-state index in [1.807, 2.05) is 0 Å². The molecule has 0 aliphatic heterocycles. The molecule has 0 aliphatic rings. The normalized spacial score (nSPS) is 10.2. The zero-order valence-electron chi connectivity index (χ0n) is 8.90. The molecule has 4 nitrogen and oxygen atoms in total. The van der Waals surface area contributed by atoms with E-state index in [9.17, 15) is 14.3 Å². The van der Waals surface area contributed by atoms with E-state index in [1.165, 1.54) is 23.5 Å². The second-order valence-electron chi connectivity index (χ2n) is 3.38. The summed E-state index contributed by atoms with van der Waals surface area (Å²) in [5.74, 6) is -1.87. The third kappa shape index (κ3) is 2.42. The predicted molar refractivity (Wildman–Crippen MR) is 62.9 cm³/mol. The lowest BCUT2D eigenvalue weighted by molar-refractivity contribution is 0.102. The van der Waals surface area contributed by atoms with Crippen LogP contribution in [0.5, 0.6) is 5.75 Å². The zero-order valence-corrected chi connectivity index (χ0v) is 9.71. The number of aromatic nitrogens is 1. The Morgan fingerprint density at radius 3 is 2.88 bits per heavy atom. The molecule has 0 saturated heterocycles. The van der Waals surface area contributed by atoms with Gasteiger partial charge in [-0.05, 0) is 19.1 Å². The number of carbonyl (C=O) groups excluding carboxylic acids is 1. The van der Waals surface area contributed by atoms with Gasteiger partial charge in [-0.15, -0.1) is 11.3 Å². The van der Waals surface area contributed by atoms with E-state index < -0.39 is 17.5 Å². The fraction of sp³-hybridized carbons (Fsp3) is 0.0909. The monoisotopic (exact) mass is 252 g/mol. The van der Waals surface area contributed by atoms with Crippen LogP contribution in [-0.4, -0.2) is 16.0 Å². The first kappa shape index (κ1) is 11.5. The molecular formula is C11H9FN2O2S. The molecule has 2 aromatic rings. The van der Waals surface area contributed by atoms with Crippen LogP contribution in [0.3, 0.4) is 0 Å². The van der Waals surface area contributed by atoms with Crippen molar-refractivity contribution in [1.29, 1.82) is 0 Å². The summed E-state index contributed by atoms with van der Waals surface area (Å²) in [5, 5.41) is 14.0. The smallest absolute Gasteiger partial charge is 0.264 e. The number of amides is 1. The van der Waals surface area contributed by atoms with Crippen molar-refractivity contribution >= 4 is 22.4 Å². The Morgan fingerprint density at radius 2 is 2.29 bits per heavy atom. The fourth-order valence-corrected chi connectivity index (χ4v) is 1.99. The first-order valence-electron chi connectivity index (χ1n) is 4.79. The lowest BCUT2D eigenvalue weighted by Gasteiger charge is -2.04. The number of aromatic hydroxyl groups is 1. The van der Waals surface area contributed by atoms with E-state index >= 15 is 0 Å². The van der Waals surface area contributed by atoms with Crippen LogP contribution in [0.15, 0.2) is 23.6 Å². The molecule has 6 heteroatoms. The van der Waals surface area contributed by atoms with Gasteiger partial charge >= 0.3 is 0 Å². The summed E-state index contributed by atoms with van der Waals surface area (Å²) in [5.41, 5.74) is 0.392. The van der Waals surface area contributed by atoms with Gasteiger partial charge in [-0.25, -0.2) is 9.37 Å². The third-order valence-corrected chi connectivity index (χ3v) is 2.93. The van der Waals surface area contributed by atoms with E-state index in [0.29, 0.717) is 5.13 Å². The number of rotatable bonds is 2. The van der Waals surface area contributed by atoms with Gasteiger partial charge in [-0.1, -0.05) is 6.07 Å². The standard InChI is InChI=1S/C11H9FN2O2S/c1-6-5-17-11(13-6)14-10(16)9-7(12)3-2-4-8(9)15/h2-5,15H,1H3,(H,13,14,16). The van der Waals surface area contributed by atoms with Crippen molar-refractivity contribution in [2.45, 2.75) is 6.92 Å². The Kier molecular flexibility index (Phi) is 3.06. The Labute approximate surface area is 101 Å². The van der Waals surface area contributed by atoms with Gasteiger partial charge in [0.05, 0.1) is 5.69 Å². The van der Waals surface area contributed by atoms with Crippen LogP contribution >= 0.6 is 11.3 Å². The van der Waals surface area contributed by atoms with Crippen molar-refractivity contribution in [2.24, 2.45) is 0 Å². The molecule has 1 heterocycles. The van der Waals surface area contributed by atoms with E-state index in [4.69, 9.17) is 0 Å². The second-order valence-corrected chi connectivity index (χ2v) is 4.24. The lowest BCUT2D eigenvalue weighted by Crippen LogP contribution is -2.13. The van der Waals surface area contributed by atoms with Gasteiger partial charge in [0, 0.05) is 5.38 Å². The number of nitrogens with zero attached hydrogens (tertiary/aromatic N) is 1. The summed E-state index contributed by atoms with van der Waals surface area (Å²) in [7, 11) is 0. The number of benzene rings is 1. The van der Waals surface area contributed by atoms with Crippen molar-refractivity contribution in [3.05, 3.63) is 40.7 Å². The first-order valence-corrected chi connectivity index (χ1v) is 5.67. The molecule has 2 rings (SSSR count). The van der Waals surface area contributed by atoms with Crippen LogP contribution in [0.4, 0.5) is 9.52 Å². The van der Waals surface area contributed by atoms with E-state index in [2.05, 4.69) is 10.3 Å². The van der Waals surface area contributed by atoms with Crippen LogP contribution in [0, 0.1) is 12.7 Å². The molecule has 0 radical (unpaired) electrons. The highest BCUT2D eigenvalue weighted by Crippen LogP contribution is 2.22. The molecule has 1 amide bonds. The number of carbonyl (C=O) groups is 1. The average Bonchev–Trinajstić information content (AvgIpc) is 2.63. The number of hydrogen-bond acceptors (Lipinski definition) is 4. The van der Waals surface area contributed by atoms with Gasteiger partial charge < -0.3 is 5.11 Å². The molecule has 88 valence electrons. The Bertz CT molecular complexity index is 548. The molecular weight excluding hydrogens is 243 g/mol. The van der Waals surface area contributed by atoms with Crippen LogP contribution < -0.4 is 5.32 Å². The summed E-state index contributed by atoms with van der Waals surface area (Å²) >= 11 is 1.24. The van der Waals surface area contributed by atoms with Crippen LogP contribution in [0.25, 0.3) is 0 Å². The lowest BCUT2D eigenvalue weighted by atomic mass is 10.2. The number of aryl methyl sites for hydroxylation is 1. The molecule has 0 aliphatic carbocycles. The highest BCUT2D eigenvalue weighted by molar-refractivity contribution is 7.13. The van der Waals surface area contributed by atoms with Gasteiger partial charge in [0.1, 0.15) is 17.1 Å². The molecule has 2 N–H and O–H groups in total. The number of phenolic OH excluding ortho intramolecular Hbond substituents is 1. The van der Waals surface area contributed by atoms with Gasteiger partial charge in [-0.2, -0.15) is 0 Å². The van der Waals surface area contributed by atoms with Crippen LogP contribution in [0.2, 0.25) is 0 Å². The van der Waals surface area contributed by atoms with Crippen LogP contribution in [-0.2, 0) is 0 Å². The summed E-state index contributed by atoms with van der Waals surface area (Å²) in [6.07, 6.45) is 0. The van der Waals surface area contributed by atoms with Crippen molar-refractivity contribution in [3.63, 3.8) is 0 Å². The number of anilines is 1. The fourth-order valence-electron chi connectivity index (χ4n) is 1.31.